The number of esters is 1. The topological polar surface area (TPSA) is 166 Å². The van der Waals surface area contributed by atoms with E-state index >= 15 is 0 Å². The molecule has 1 aliphatic heterocycles. The number of benzene rings is 4. The molecule has 0 saturated carbocycles. The van der Waals surface area contributed by atoms with Crippen molar-refractivity contribution in [3.05, 3.63) is 171 Å². The third-order valence-corrected chi connectivity index (χ3v) is 10.8. The number of piperidine rings is 1. The molecule has 2 atom stereocenters. The molecule has 12 nitrogen and oxygen atoms in total. The van der Waals surface area contributed by atoms with Gasteiger partial charge in [-0.1, -0.05) is 78.9 Å². The molecule has 0 aliphatic carbocycles. The number of nitrogens with zero attached hydrogens (tertiary/aromatic N) is 2. The molecule has 5 N–H and O–H groups in total. The normalized spacial score (nSPS) is 14.3. The molecule has 310 valence electrons. The second-order valence-electron chi connectivity index (χ2n) is 15.2. The van der Waals surface area contributed by atoms with Gasteiger partial charge in [0.05, 0.1) is 36.1 Å². The van der Waals surface area contributed by atoms with E-state index < -0.39 is 12.0 Å². The molecule has 0 radical (unpaired) electrons. The summed E-state index contributed by atoms with van der Waals surface area (Å²) in [4.78, 5) is 47.7. The third kappa shape index (κ3) is 11.2. The van der Waals surface area contributed by atoms with Crippen molar-refractivity contribution in [2.75, 3.05) is 39.4 Å². The summed E-state index contributed by atoms with van der Waals surface area (Å²) in [6, 6.07) is 37.2. The van der Waals surface area contributed by atoms with E-state index in [9.17, 15) is 24.6 Å². The fraction of sp³-hybridized carbons (Fsp3) is 0.292. The quantitative estimate of drug-likeness (QED) is 0.0496. The highest BCUT2D eigenvalue weighted by atomic mass is 16.5. The van der Waals surface area contributed by atoms with Gasteiger partial charge in [0.25, 0.3) is 5.91 Å². The Balaban J connectivity index is 0.838. The number of carbonyl (C=O) groups excluding carboxylic acids is 2. The molecule has 6 aromatic rings. The standard InChI is InChI=1S/C48H51N5O7/c54-42-19-17-40(41-18-20-44(56)52-46(41)42)43(55)30-49-29-38-16-15-37(28-51-38)47(57)50-23-8-26-59-39-14-7-13-36(27-39)45(35-11-5-2-6-12-35)48(58)60-32-34-21-24-53(25-22-34)31-33-9-3-1-4-10-33/h1-7,9-20,27-28,34,43,45,49,54-55H,8,21-26,29-32H2,(H,50,57)(H,52,56)/t43-,45?/m0/s1. The zero-order chi connectivity index (χ0) is 41.7. The van der Waals surface area contributed by atoms with E-state index in [-0.39, 0.29) is 35.2 Å². The maximum absolute atomic E-state index is 13.7. The number of carbonyl (C=O) groups is 2. The highest BCUT2D eigenvalue weighted by molar-refractivity contribution is 5.93. The van der Waals surface area contributed by atoms with Crippen LogP contribution in [0.25, 0.3) is 10.9 Å². The molecule has 12 heteroatoms. The van der Waals surface area contributed by atoms with Gasteiger partial charge in [-0.2, -0.15) is 0 Å². The molecular weight excluding hydrogens is 759 g/mol. The fourth-order valence-corrected chi connectivity index (χ4v) is 7.56. The Morgan fingerprint density at radius 2 is 1.65 bits per heavy atom. The summed E-state index contributed by atoms with van der Waals surface area (Å²) in [6.45, 7) is 4.61. The Labute approximate surface area is 349 Å². The first-order chi connectivity index (χ1) is 29.3. The monoisotopic (exact) mass is 809 g/mol. The van der Waals surface area contributed by atoms with Gasteiger partial charge in [-0.15, -0.1) is 0 Å². The Kier molecular flexibility index (Phi) is 14.3. The molecule has 0 spiro atoms. The predicted octanol–water partition coefficient (Wildman–Crippen LogP) is 6.24. The van der Waals surface area contributed by atoms with Crippen molar-refractivity contribution in [3.63, 3.8) is 0 Å². The van der Waals surface area contributed by atoms with E-state index in [1.807, 2.05) is 60.7 Å². The van der Waals surface area contributed by atoms with E-state index in [1.54, 1.807) is 24.3 Å². The van der Waals surface area contributed by atoms with Crippen LogP contribution in [0.15, 0.2) is 132 Å². The van der Waals surface area contributed by atoms with E-state index in [1.165, 1.54) is 23.9 Å². The van der Waals surface area contributed by atoms with Crippen LogP contribution in [0.1, 0.15) is 69.6 Å². The first kappa shape index (κ1) is 41.8. The average Bonchev–Trinajstić information content (AvgIpc) is 3.27. The van der Waals surface area contributed by atoms with Crippen LogP contribution in [-0.4, -0.2) is 76.4 Å². The number of hydrogen-bond donors (Lipinski definition) is 5. The third-order valence-electron chi connectivity index (χ3n) is 10.8. The number of phenols is 1. The summed E-state index contributed by atoms with van der Waals surface area (Å²) in [6.07, 6.45) is 3.15. The number of H-pyrrole nitrogens is 1. The highest BCUT2D eigenvalue weighted by Crippen LogP contribution is 2.31. The summed E-state index contributed by atoms with van der Waals surface area (Å²) in [5, 5.41) is 27.6. The first-order valence-corrected chi connectivity index (χ1v) is 20.5. The molecule has 1 amide bonds. The van der Waals surface area contributed by atoms with E-state index in [0.29, 0.717) is 66.6 Å². The molecule has 1 aliphatic rings. The van der Waals surface area contributed by atoms with Crippen molar-refractivity contribution in [2.45, 2.75) is 44.4 Å². The number of aromatic amines is 1. The number of amides is 1. The lowest BCUT2D eigenvalue weighted by Gasteiger charge is -2.32. The minimum Gasteiger partial charge on any atom is -0.506 e. The van der Waals surface area contributed by atoms with Crippen LogP contribution in [0.5, 0.6) is 11.5 Å². The van der Waals surface area contributed by atoms with Gasteiger partial charge >= 0.3 is 5.97 Å². The lowest BCUT2D eigenvalue weighted by Crippen LogP contribution is -2.35. The molecule has 2 aromatic heterocycles. The van der Waals surface area contributed by atoms with Crippen LogP contribution in [-0.2, 0) is 22.6 Å². The van der Waals surface area contributed by atoms with Crippen LogP contribution in [0, 0.1) is 5.92 Å². The molecule has 4 aromatic carbocycles. The summed E-state index contributed by atoms with van der Waals surface area (Å²) in [5.41, 5.74) is 4.57. The Morgan fingerprint density at radius 3 is 2.42 bits per heavy atom. The minimum atomic E-state index is -0.901. The zero-order valence-corrected chi connectivity index (χ0v) is 33.5. The summed E-state index contributed by atoms with van der Waals surface area (Å²) < 4.78 is 12.1. The first-order valence-electron chi connectivity index (χ1n) is 20.5. The van der Waals surface area contributed by atoms with Gasteiger partial charge in [0, 0.05) is 43.8 Å². The van der Waals surface area contributed by atoms with Gasteiger partial charge in [-0.05, 0) is 96.9 Å². The van der Waals surface area contributed by atoms with Crippen molar-refractivity contribution in [2.24, 2.45) is 5.92 Å². The second-order valence-corrected chi connectivity index (χ2v) is 15.2. The number of hydrogen-bond acceptors (Lipinski definition) is 10. The molecular formula is C48H51N5O7. The highest BCUT2D eigenvalue weighted by Gasteiger charge is 2.27. The Morgan fingerprint density at radius 1 is 0.883 bits per heavy atom. The van der Waals surface area contributed by atoms with Gasteiger partial charge in [-0.25, -0.2) is 0 Å². The van der Waals surface area contributed by atoms with Gasteiger partial charge < -0.3 is 35.3 Å². The van der Waals surface area contributed by atoms with Crippen molar-refractivity contribution in [1.82, 2.24) is 25.5 Å². The zero-order valence-electron chi connectivity index (χ0n) is 33.5. The number of aliphatic hydroxyl groups excluding tert-OH is 1. The van der Waals surface area contributed by atoms with Crippen LogP contribution >= 0.6 is 0 Å². The molecule has 7 rings (SSSR count). The molecule has 3 heterocycles. The number of aromatic hydroxyl groups is 1. The Hall–Kier alpha value is -6.34. The molecule has 1 fully saturated rings. The largest absolute Gasteiger partial charge is 0.506 e. The summed E-state index contributed by atoms with van der Waals surface area (Å²) in [7, 11) is 0. The lowest BCUT2D eigenvalue weighted by molar-refractivity contribution is -0.146. The fourth-order valence-electron chi connectivity index (χ4n) is 7.56. The van der Waals surface area contributed by atoms with Gasteiger partial charge in [0.1, 0.15) is 17.4 Å². The number of rotatable bonds is 18. The minimum absolute atomic E-state index is 0.0690. The summed E-state index contributed by atoms with van der Waals surface area (Å²) >= 11 is 0. The molecule has 0 bridgehead atoms. The number of ether oxygens (including phenoxy) is 2. The van der Waals surface area contributed by atoms with Crippen molar-refractivity contribution >= 4 is 22.8 Å². The number of aliphatic hydroxyl groups is 1. The maximum Gasteiger partial charge on any atom is 0.317 e. The lowest BCUT2D eigenvalue weighted by atomic mass is 9.91. The number of fused-ring (bicyclic) bond motifs is 1. The van der Waals surface area contributed by atoms with Crippen LogP contribution in [0.3, 0.4) is 0 Å². The average molecular weight is 810 g/mol. The Bertz CT molecular complexity index is 2380. The smallest absolute Gasteiger partial charge is 0.317 e. The number of pyridine rings is 2. The number of aromatic nitrogens is 2. The van der Waals surface area contributed by atoms with E-state index in [2.05, 4.69) is 49.8 Å². The van der Waals surface area contributed by atoms with Crippen LogP contribution in [0.4, 0.5) is 0 Å². The van der Waals surface area contributed by atoms with Gasteiger partial charge in [0.2, 0.25) is 5.56 Å². The number of phenolic OH excluding ortho intramolecular Hbond substituents is 1. The van der Waals surface area contributed by atoms with Gasteiger partial charge in [0.15, 0.2) is 0 Å². The predicted molar refractivity (Wildman–Crippen MR) is 230 cm³/mol. The maximum atomic E-state index is 13.7. The van der Waals surface area contributed by atoms with Crippen LogP contribution < -0.4 is 20.9 Å². The number of nitrogens with one attached hydrogen (secondary N) is 3. The van der Waals surface area contributed by atoms with Crippen molar-refractivity contribution < 1.29 is 29.3 Å². The molecule has 1 unspecified atom stereocenters. The van der Waals surface area contributed by atoms with E-state index in [4.69, 9.17) is 9.47 Å². The molecule has 1 saturated heterocycles. The van der Waals surface area contributed by atoms with Gasteiger partial charge in [-0.3, -0.25) is 24.3 Å². The van der Waals surface area contributed by atoms with E-state index in [0.717, 1.165) is 43.6 Å². The van der Waals surface area contributed by atoms with Crippen molar-refractivity contribution in [3.8, 4) is 11.5 Å². The second kappa shape index (κ2) is 20.6. The number of likely N-dealkylation sites (tertiary alicyclic amines) is 1. The summed E-state index contributed by atoms with van der Waals surface area (Å²) in [5.74, 6) is -0.222. The van der Waals surface area contributed by atoms with Crippen LogP contribution in [0.2, 0.25) is 0 Å². The SMILES string of the molecule is O=C(NCCCOc1cccc(C(C(=O)OCC2CCN(Cc3ccccc3)CC2)c2ccccc2)c1)c1ccc(CNC[C@H](O)c2ccc(O)c3[nH]c(=O)ccc23)nc1. The van der Waals surface area contributed by atoms with Crippen molar-refractivity contribution in [1.29, 1.82) is 0 Å². The molecule has 60 heavy (non-hydrogen) atoms.